The number of hydrazone groups is 1. The van der Waals surface area contributed by atoms with Gasteiger partial charge in [-0.05, 0) is 38.1 Å². The topological polar surface area (TPSA) is 76.3 Å². The van der Waals surface area contributed by atoms with Crippen molar-refractivity contribution in [2.75, 3.05) is 0 Å². The minimum Gasteiger partial charge on any atom is -0.236 e. The maximum atomic E-state index is 12.3. The molecule has 0 aliphatic carbocycles. The molecule has 0 fully saturated rings. The van der Waals surface area contributed by atoms with Crippen molar-refractivity contribution in [3.8, 4) is 5.69 Å². The van der Waals surface area contributed by atoms with Gasteiger partial charge in [-0.15, -0.1) is 0 Å². The third kappa shape index (κ3) is 3.79. The number of nitrogens with one attached hydrogen (secondary N) is 1. The molecule has 3 aromatic rings. The summed E-state index contributed by atoms with van der Waals surface area (Å²) < 4.78 is 26.2. The van der Waals surface area contributed by atoms with Crippen LogP contribution in [0.3, 0.4) is 0 Å². The number of nitrogens with zero attached hydrogens (tertiary/aromatic N) is 3. The Bertz CT molecular complexity index is 1040. The molecule has 0 amide bonds. The number of para-hydroxylation sites is 1. The van der Waals surface area contributed by atoms with Gasteiger partial charge in [-0.3, -0.25) is 0 Å². The maximum absolute atomic E-state index is 12.3. The molecule has 26 heavy (non-hydrogen) atoms. The van der Waals surface area contributed by atoms with Gasteiger partial charge in [0.05, 0.1) is 28.1 Å². The Kier molecular flexibility index (Phi) is 5.11. The molecule has 1 aromatic heterocycles. The fraction of sp³-hybridized carbons (Fsp3) is 0.111. The first-order chi connectivity index (χ1) is 12.4. The molecule has 2 aromatic carbocycles. The Morgan fingerprint density at radius 3 is 2.38 bits per heavy atom. The lowest BCUT2D eigenvalue weighted by Crippen LogP contribution is -2.18. The molecule has 3 rings (SSSR count). The van der Waals surface area contributed by atoms with E-state index in [-0.39, 0.29) is 10.0 Å². The average molecular weight is 389 g/mol. The van der Waals surface area contributed by atoms with E-state index in [4.69, 9.17) is 11.6 Å². The fourth-order valence-electron chi connectivity index (χ4n) is 2.38. The van der Waals surface area contributed by atoms with E-state index in [2.05, 4.69) is 15.0 Å². The molecule has 1 heterocycles. The van der Waals surface area contributed by atoms with Crippen LogP contribution >= 0.6 is 11.6 Å². The summed E-state index contributed by atoms with van der Waals surface area (Å²) in [6.45, 7) is 3.72. The number of hydrogen-bond acceptors (Lipinski definition) is 4. The molecule has 0 aliphatic heterocycles. The standard InChI is InChI=1S/C18H17ClN4O2S/c1-13-8-10-16(11-9-13)26(24,25)22-20-12-17-14(2)23(21-18(17)19)15-6-4-3-5-7-15/h3-12,22H,1-2H3/b20-12-. The Morgan fingerprint density at radius 1 is 1.08 bits per heavy atom. The molecule has 0 unspecified atom stereocenters. The first kappa shape index (κ1) is 18.2. The highest BCUT2D eigenvalue weighted by Crippen LogP contribution is 2.20. The molecule has 6 nitrogen and oxygen atoms in total. The number of benzene rings is 2. The number of sulfonamides is 1. The summed E-state index contributed by atoms with van der Waals surface area (Å²) in [5.74, 6) is 0. The molecule has 8 heteroatoms. The van der Waals surface area contributed by atoms with Crippen LogP contribution in [0.15, 0.2) is 64.6 Å². The fourth-order valence-corrected chi connectivity index (χ4v) is 3.43. The van der Waals surface area contributed by atoms with Crippen molar-refractivity contribution in [2.24, 2.45) is 5.10 Å². The molecule has 0 aliphatic rings. The van der Waals surface area contributed by atoms with Crippen molar-refractivity contribution in [2.45, 2.75) is 18.7 Å². The average Bonchev–Trinajstić information content (AvgIpc) is 2.91. The van der Waals surface area contributed by atoms with Crippen LogP contribution in [0, 0.1) is 13.8 Å². The van der Waals surface area contributed by atoms with Crippen molar-refractivity contribution in [1.29, 1.82) is 0 Å². The summed E-state index contributed by atoms with van der Waals surface area (Å²) >= 11 is 6.18. The second-order valence-electron chi connectivity index (χ2n) is 5.70. The van der Waals surface area contributed by atoms with Gasteiger partial charge >= 0.3 is 0 Å². The maximum Gasteiger partial charge on any atom is 0.276 e. The van der Waals surface area contributed by atoms with Crippen LogP contribution in [0.5, 0.6) is 0 Å². The predicted octanol–water partition coefficient (Wildman–Crippen LogP) is 3.45. The van der Waals surface area contributed by atoms with Gasteiger partial charge in [-0.25, -0.2) is 9.51 Å². The zero-order valence-corrected chi connectivity index (χ0v) is 15.8. The van der Waals surface area contributed by atoms with Crippen molar-refractivity contribution >= 4 is 27.8 Å². The molecule has 0 saturated carbocycles. The van der Waals surface area contributed by atoms with Gasteiger partial charge < -0.3 is 0 Å². The monoisotopic (exact) mass is 388 g/mol. The van der Waals surface area contributed by atoms with Gasteiger partial charge in [0.15, 0.2) is 5.15 Å². The van der Waals surface area contributed by atoms with Gasteiger partial charge in [0, 0.05) is 0 Å². The van der Waals surface area contributed by atoms with Gasteiger partial charge in [0.25, 0.3) is 10.0 Å². The molecule has 0 atom stereocenters. The first-order valence-corrected chi connectivity index (χ1v) is 9.67. The van der Waals surface area contributed by atoms with E-state index in [0.29, 0.717) is 5.56 Å². The molecule has 0 saturated heterocycles. The lowest BCUT2D eigenvalue weighted by Gasteiger charge is -2.04. The summed E-state index contributed by atoms with van der Waals surface area (Å²) in [5, 5.41) is 8.36. The van der Waals surface area contributed by atoms with Crippen LogP contribution < -0.4 is 4.83 Å². The zero-order chi connectivity index (χ0) is 18.7. The number of halogens is 1. The van der Waals surface area contributed by atoms with E-state index in [1.54, 1.807) is 16.8 Å². The Labute approximate surface area is 157 Å². The van der Waals surface area contributed by atoms with Crippen LogP contribution in [0.2, 0.25) is 5.15 Å². The van der Waals surface area contributed by atoms with Crippen LogP contribution in [0.1, 0.15) is 16.8 Å². The normalized spacial score (nSPS) is 11.8. The Hall–Kier alpha value is -2.64. The van der Waals surface area contributed by atoms with Crippen molar-refractivity contribution in [3.63, 3.8) is 0 Å². The zero-order valence-electron chi connectivity index (χ0n) is 14.2. The van der Waals surface area contributed by atoms with E-state index in [9.17, 15) is 8.42 Å². The van der Waals surface area contributed by atoms with Crippen molar-refractivity contribution in [3.05, 3.63) is 76.6 Å². The quantitative estimate of drug-likeness (QED) is 0.537. The van der Waals surface area contributed by atoms with Gasteiger partial charge in [-0.1, -0.05) is 47.5 Å². The van der Waals surface area contributed by atoms with Gasteiger partial charge in [0.2, 0.25) is 0 Å². The summed E-state index contributed by atoms with van der Waals surface area (Å²) in [7, 11) is -3.74. The van der Waals surface area contributed by atoms with E-state index in [1.165, 1.54) is 18.3 Å². The highest BCUT2D eigenvalue weighted by Gasteiger charge is 2.14. The molecule has 1 N–H and O–H groups in total. The van der Waals surface area contributed by atoms with E-state index >= 15 is 0 Å². The third-order valence-corrected chi connectivity index (χ3v) is 5.33. The van der Waals surface area contributed by atoms with E-state index in [1.807, 2.05) is 44.2 Å². The number of aromatic nitrogens is 2. The Balaban J connectivity index is 1.83. The van der Waals surface area contributed by atoms with E-state index < -0.39 is 10.0 Å². The number of hydrogen-bond donors (Lipinski definition) is 1. The predicted molar refractivity (Wildman–Crippen MR) is 102 cm³/mol. The number of rotatable bonds is 5. The van der Waals surface area contributed by atoms with Crippen LogP contribution in [-0.2, 0) is 10.0 Å². The lowest BCUT2D eigenvalue weighted by atomic mass is 10.2. The summed E-state index contributed by atoms with van der Waals surface area (Å²) in [5.41, 5.74) is 3.12. The smallest absolute Gasteiger partial charge is 0.236 e. The summed E-state index contributed by atoms with van der Waals surface area (Å²) in [6, 6.07) is 16.0. The SMILES string of the molecule is Cc1ccc(S(=O)(=O)N/N=C\c2c(Cl)nn(-c3ccccc3)c2C)cc1. The van der Waals surface area contributed by atoms with Crippen LogP contribution in [0.4, 0.5) is 0 Å². The molecule has 0 bridgehead atoms. The summed E-state index contributed by atoms with van der Waals surface area (Å²) in [6.07, 6.45) is 1.36. The molecular weight excluding hydrogens is 372 g/mol. The minimum absolute atomic E-state index is 0.142. The molecule has 134 valence electrons. The highest BCUT2D eigenvalue weighted by atomic mass is 35.5. The molecule has 0 spiro atoms. The first-order valence-electron chi connectivity index (χ1n) is 7.80. The largest absolute Gasteiger partial charge is 0.276 e. The van der Waals surface area contributed by atoms with Gasteiger partial charge in [-0.2, -0.15) is 18.6 Å². The third-order valence-electron chi connectivity index (χ3n) is 3.82. The van der Waals surface area contributed by atoms with Gasteiger partial charge in [0.1, 0.15) is 0 Å². The number of aryl methyl sites for hydroxylation is 1. The minimum atomic E-state index is -3.74. The second kappa shape index (κ2) is 7.31. The Morgan fingerprint density at radius 2 is 1.73 bits per heavy atom. The van der Waals surface area contributed by atoms with Crippen LogP contribution in [0.25, 0.3) is 5.69 Å². The van der Waals surface area contributed by atoms with E-state index in [0.717, 1.165) is 16.9 Å². The molecule has 0 radical (unpaired) electrons. The lowest BCUT2D eigenvalue weighted by molar-refractivity contribution is 0.584. The van der Waals surface area contributed by atoms with Crippen molar-refractivity contribution in [1.82, 2.24) is 14.6 Å². The second-order valence-corrected chi connectivity index (χ2v) is 7.72. The highest BCUT2D eigenvalue weighted by molar-refractivity contribution is 7.89. The summed E-state index contributed by atoms with van der Waals surface area (Å²) in [4.78, 5) is 2.33. The van der Waals surface area contributed by atoms with Crippen molar-refractivity contribution < 1.29 is 8.42 Å². The van der Waals surface area contributed by atoms with Crippen LogP contribution in [-0.4, -0.2) is 24.4 Å². The molecular formula is C18H17ClN4O2S.